The van der Waals surface area contributed by atoms with Crippen LogP contribution in [0.5, 0.6) is 0 Å². The fourth-order valence-electron chi connectivity index (χ4n) is 6.11. The molecule has 0 atom stereocenters. The molecule has 0 radical (unpaired) electrons. The maximum Gasteiger partial charge on any atom is 0.261 e. The Morgan fingerprint density at radius 1 is 0.833 bits per heavy atom. The Kier molecular flexibility index (Phi) is 6.47. The first kappa shape index (κ1) is 24.7. The topological polar surface area (TPSA) is 41.9 Å². The molecule has 1 saturated carbocycles. The van der Waals surface area contributed by atoms with Crippen LogP contribution in [0.1, 0.15) is 53.4 Å². The summed E-state index contributed by atoms with van der Waals surface area (Å²) in [7, 11) is -2.61. The minimum Gasteiger partial charge on any atom is -0.404 e. The molecule has 5 heteroatoms. The molecule has 1 heterocycles. The summed E-state index contributed by atoms with van der Waals surface area (Å²) in [4.78, 5) is 13.7. The van der Waals surface area contributed by atoms with Crippen LogP contribution in [0.3, 0.4) is 0 Å². The number of hydrazone groups is 1. The zero-order valence-electron chi connectivity index (χ0n) is 21.8. The number of rotatable bonds is 5. The van der Waals surface area contributed by atoms with E-state index in [1.54, 1.807) is 5.01 Å². The van der Waals surface area contributed by atoms with Gasteiger partial charge < -0.3 is 4.43 Å². The molecular formula is C31H36N2O2Si. The lowest BCUT2D eigenvalue weighted by atomic mass is 9.70. The minimum absolute atomic E-state index is 0.0600. The van der Waals surface area contributed by atoms with Crippen LogP contribution < -0.4 is 15.4 Å². The van der Waals surface area contributed by atoms with E-state index < -0.39 is 13.7 Å². The van der Waals surface area contributed by atoms with Crippen LogP contribution in [-0.4, -0.2) is 26.0 Å². The van der Waals surface area contributed by atoms with E-state index >= 15 is 0 Å². The zero-order chi connectivity index (χ0) is 25.4. The van der Waals surface area contributed by atoms with Gasteiger partial charge in [-0.15, -0.1) is 0 Å². The van der Waals surface area contributed by atoms with Gasteiger partial charge in [-0.05, 0) is 60.2 Å². The second-order valence-corrected chi connectivity index (χ2v) is 15.5. The number of benzene rings is 3. The average molecular weight is 497 g/mol. The number of anilines is 1. The van der Waals surface area contributed by atoms with Crippen molar-refractivity contribution in [3.63, 3.8) is 0 Å². The highest BCUT2D eigenvalue weighted by atomic mass is 28.4. The molecule has 186 valence electrons. The monoisotopic (exact) mass is 496 g/mol. The van der Waals surface area contributed by atoms with E-state index in [0.717, 1.165) is 37.1 Å². The van der Waals surface area contributed by atoms with Gasteiger partial charge in [-0.2, -0.15) is 10.1 Å². The van der Waals surface area contributed by atoms with E-state index in [0.29, 0.717) is 0 Å². The standard InChI is InChI=1S/C31H36N2O2Si/c1-24-31(29(34)33(32-24)25-14-8-5-9-15-25)22-20-26(21-23-31)35-36(30(2,3)4,27-16-10-6-11-17-27)28-18-12-7-13-19-28/h5-19,26H,20-23H2,1-4H3. The second-order valence-electron chi connectivity index (χ2n) is 11.2. The maximum absolute atomic E-state index is 13.7. The van der Waals surface area contributed by atoms with Gasteiger partial charge in [-0.3, -0.25) is 4.79 Å². The van der Waals surface area contributed by atoms with Crippen LogP contribution in [-0.2, 0) is 9.22 Å². The summed E-state index contributed by atoms with van der Waals surface area (Å²) in [6.45, 7) is 8.97. The Bertz CT molecular complexity index is 1190. The van der Waals surface area contributed by atoms with E-state index in [1.165, 1.54) is 10.4 Å². The molecule has 1 aliphatic carbocycles. The van der Waals surface area contributed by atoms with Gasteiger partial charge in [-0.25, -0.2) is 0 Å². The third kappa shape index (κ3) is 4.04. The van der Waals surface area contributed by atoms with Crippen molar-refractivity contribution in [1.82, 2.24) is 0 Å². The summed E-state index contributed by atoms with van der Waals surface area (Å²) in [6.07, 6.45) is 3.35. The Morgan fingerprint density at radius 3 is 1.78 bits per heavy atom. The molecule has 5 rings (SSSR count). The minimum atomic E-state index is -2.61. The lowest BCUT2D eigenvalue weighted by molar-refractivity contribution is -0.125. The van der Waals surface area contributed by atoms with E-state index in [1.807, 2.05) is 37.3 Å². The van der Waals surface area contributed by atoms with Crippen molar-refractivity contribution in [1.29, 1.82) is 0 Å². The predicted molar refractivity (Wildman–Crippen MR) is 150 cm³/mol. The number of nitrogens with zero attached hydrogens (tertiary/aromatic N) is 2. The Balaban J connectivity index is 1.43. The zero-order valence-corrected chi connectivity index (χ0v) is 22.8. The van der Waals surface area contributed by atoms with Crippen molar-refractivity contribution in [2.45, 2.75) is 64.5 Å². The molecule has 0 unspecified atom stereocenters. The molecule has 0 N–H and O–H groups in total. The van der Waals surface area contributed by atoms with Gasteiger partial charge in [0.1, 0.15) is 0 Å². The highest BCUT2D eigenvalue weighted by molar-refractivity contribution is 6.99. The summed E-state index contributed by atoms with van der Waals surface area (Å²) in [5.41, 5.74) is 1.26. The average Bonchev–Trinajstić information content (AvgIpc) is 3.14. The smallest absolute Gasteiger partial charge is 0.261 e. The third-order valence-corrected chi connectivity index (χ3v) is 13.2. The molecule has 1 fully saturated rings. The van der Waals surface area contributed by atoms with Gasteiger partial charge >= 0.3 is 0 Å². The number of para-hydroxylation sites is 1. The summed E-state index contributed by atoms with van der Waals surface area (Å²) in [6, 6.07) is 31.4. The van der Waals surface area contributed by atoms with Crippen LogP contribution in [0.25, 0.3) is 0 Å². The molecule has 0 bridgehead atoms. The Hall–Kier alpha value is -3.02. The molecule has 3 aromatic rings. The SMILES string of the molecule is CC1=NN(c2ccccc2)C(=O)C12CCC(O[Si](c1ccccc1)(c1ccccc1)C(C)(C)C)CC2. The largest absolute Gasteiger partial charge is 0.404 e. The van der Waals surface area contributed by atoms with Crippen LogP contribution in [0.4, 0.5) is 5.69 Å². The van der Waals surface area contributed by atoms with Crippen molar-refractivity contribution in [2.24, 2.45) is 10.5 Å². The Labute approximate surface area is 216 Å². The van der Waals surface area contributed by atoms with E-state index in [2.05, 4.69) is 81.4 Å². The number of carbonyl (C=O) groups is 1. The van der Waals surface area contributed by atoms with Gasteiger partial charge in [0.25, 0.3) is 14.2 Å². The molecule has 3 aromatic carbocycles. The van der Waals surface area contributed by atoms with E-state index in [4.69, 9.17) is 9.53 Å². The molecule has 4 nitrogen and oxygen atoms in total. The quantitative estimate of drug-likeness (QED) is 0.412. The van der Waals surface area contributed by atoms with Crippen LogP contribution in [0.2, 0.25) is 5.04 Å². The fraction of sp³-hybridized carbons (Fsp3) is 0.355. The molecule has 1 spiro atoms. The normalized spacial score (nSPS) is 22.7. The summed E-state index contributed by atoms with van der Waals surface area (Å²) < 4.78 is 7.37. The molecule has 2 aliphatic rings. The molecule has 0 aromatic heterocycles. The molecule has 1 aliphatic heterocycles. The Morgan fingerprint density at radius 2 is 1.31 bits per heavy atom. The van der Waals surface area contributed by atoms with Crippen molar-refractivity contribution < 1.29 is 9.22 Å². The lowest BCUT2D eigenvalue weighted by Gasteiger charge is -2.47. The summed E-state index contributed by atoms with van der Waals surface area (Å²) >= 11 is 0. The van der Waals surface area contributed by atoms with Crippen molar-refractivity contribution >= 4 is 36.0 Å². The highest BCUT2D eigenvalue weighted by Gasteiger charge is 2.55. The van der Waals surface area contributed by atoms with Crippen LogP contribution in [0.15, 0.2) is 96.1 Å². The van der Waals surface area contributed by atoms with Crippen LogP contribution in [0, 0.1) is 5.41 Å². The van der Waals surface area contributed by atoms with Crippen molar-refractivity contribution in [3.05, 3.63) is 91.0 Å². The molecular weight excluding hydrogens is 460 g/mol. The first-order chi connectivity index (χ1) is 17.3. The second kappa shape index (κ2) is 9.45. The predicted octanol–water partition coefficient (Wildman–Crippen LogP) is 5.91. The fourth-order valence-corrected chi connectivity index (χ4v) is 10.9. The van der Waals surface area contributed by atoms with Gasteiger partial charge in [-0.1, -0.05) is 99.6 Å². The lowest BCUT2D eigenvalue weighted by Crippen LogP contribution is -2.68. The van der Waals surface area contributed by atoms with Gasteiger partial charge in [0, 0.05) is 6.10 Å². The van der Waals surface area contributed by atoms with Crippen molar-refractivity contribution in [2.75, 3.05) is 5.01 Å². The highest BCUT2D eigenvalue weighted by Crippen LogP contribution is 2.46. The van der Waals surface area contributed by atoms with Gasteiger partial charge in [0.15, 0.2) is 0 Å². The number of amides is 1. The van der Waals surface area contributed by atoms with Crippen LogP contribution >= 0.6 is 0 Å². The first-order valence-corrected chi connectivity index (χ1v) is 14.9. The van der Waals surface area contributed by atoms with E-state index in [9.17, 15) is 4.79 Å². The molecule has 0 saturated heterocycles. The maximum atomic E-state index is 13.7. The van der Waals surface area contributed by atoms with Gasteiger partial charge in [0.05, 0.1) is 16.8 Å². The summed E-state index contributed by atoms with van der Waals surface area (Å²) in [5.74, 6) is 0.107. The van der Waals surface area contributed by atoms with Gasteiger partial charge in [0.2, 0.25) is 0 Å². The number of carbonyl (C=O) groups excluding carboxylic acids is 1. The van der Waals surface area contributed by atoms with E-state index in [-0.39, 0.29) is 17.0 Å². The van der Waals surface area contributed by atoms with Crippen molar-refractivity contribution in [3.8, 4) is 0 Å². The first-order valence-electron chi connectivity index (χ1n) is 13.0. The number of hydrogen-bond donors (Lipinski definition) is 0. The third-order valence-electron chi connectivity index (χ3n) is 8.09. The molecule has 1 amide bonds. The summed E-state index contributed by atoms with van der Waals surface area (Å²) in [5, 5.41) is 8.87. The number of hydrogen-bond acceptors (Lipinski definition) is 3. The molecule has 36 heavy (non-hydrogen) atoms.